The Labute approximate surface area is 178 Å². The molecule has 1 aliphatic rings. The average Bonchev–Trinajstić information content (AvgIpc) is 3.19. The molecule has 2 aromatic heterocycles. The van der Waals surface area contributed by atoms with Gasteiger partial charge < -0.3 is 14.2 Å². The van der Waals surface area contributed by atoms with Gasteiger partial charge in [-0.3, -0.25) is 4.79 Å². The van der Waals surface area contributed by atoms with Crippen LogP contribution in [0.5, 0.6) is 5.75 Å². The summed E-state index contributed by atoms with van der Waals surface area (Å²) in [5.74, 6) is -1.16. The Morgan fingerprint density at radius 3 is 2.71 bits per heavy atom. The first kappa shape index (κ1) is 20.8. The summed E-state index contributed by atoms with van der Waals surface area (Å²) in [6.45, 7) is 4.24. The molecule has 1 aromatic carbocycles. The smallest absolute Gasteiger partial charge is 0.358 e. The Bertz CT molecular complexity index is 1210. The lowest BCUT2D eigenvalue weighted by Gasteiger charge is -2.23. The summed E-state index contributed by atoms with van der Waals surface area (Å²) >= 11 is 0. The maximum absolute atomic E-state index is 15.0. The van der Waals surface area contributed by atoms with Crippen LogP contribution in [0.2, 0.25) is 0 Å². The molecule has 0 atom stereocenters. The van der Waals surface area contributed by atoms with Crippen LogP contribution in [0, 0.1) is 19.7 Å². The van der Waals surface area contributed by atoms with E-state index >= 15 is 4.39 Å². The molecule has 0 fully saturated rings. The van der Waals surface area contributed by atoms with Gasteiger partial charge in [0.2, 0.25) is 0 Å². The largest absolute Gasteiger partial charge is 0.490 e. The van der Waals surface area contributed by atoms with Crippen LogP contribution in [-0.4, -0.2) is 42.4 Å². The van der Waals surface area contributed by atoms with Gasteiger partial charge in [0.25, 0.3) is 0 Å². The molecule has 0 amide bonds. The number of aryl methyl sites for hydroxylation is 1. The van der Waals surface area contributed by atoms with Crippen molar-refractivity contribution in [1.82, 2.24) is 9.61 Å². The number of carbonyl (C=O) groups is 2. The Morgan fingerprint density at radius 2 is 2.00 bits per heavy atom. The molecule has 4 rings (SSSR count). The summed E-state index contributed by atoms with van der Waals surface area (Å²) in [5.41, 5.74) is 5.11. The van der Waals surface area contributed by atoms with Crippen molar-refractivity contribution in [3.05, 3.63) is 52.1 Å². The van der Waals surface area contributed by atoms with E-state index in [0.717, 1.165) is 23.1 Å². The van der Waals surface area contributed by atoms with Gasteiger partial charge in [0, 0.05) is 17.3 Å². The zero-order chi connectivity index (χ0) is 22.3. The van der Waals surface area contributed by atoms with E-state index in [1.165, 1.54) is 20.3 Å². The number of halogens is 1. The predicted molar refractivity (Wildman–Crippen MR) is 111 cm³/mol. The number of methoxy groups -OCH3 is 2. The second-order valence-corrected chi connectivity index (χ2v) is 7.56. The van der Waals surface area contributed by atoms with Crippen LogP contribution >= 0.6 is 0 Å². The average molecular weight is 426 g/mol. The van der Waals surface area contributed by atoms with Crippen molar-refractivity contribution in [2.24, 2.45) is 0 Å². The third kappa shape index (κ3) is 3.52. The van der Waals surface area contributed by atoms with Gasteiger partial charge in [-0.2, -0.15) is 5.10 Å². The molecule has 7 nitrogen and oxygen atoms in total. The molecule has 0 unspecified atom stereocenters. The van der Waals surface area contributed by atoms with E-state index in [1.807, 2.05) is 13.8 Å². The zero-order valence-electron chi connectivity index (χ0n) is 17.9. The first-order valence-electron chi connectivity index (χ1n) is 9.97. The summed E-state index contributed by atoms with van der Waals surface area (Å²) < 4.78 is 31.9. The Hall–Kier alpha value is -3.42. The highest BCUT2D eigenvalue weighted by Gasteiger charge is 2.26. The predicted octanol–water partition coefficient (Wildman–Crippen LogP) is 3.58. The lowest BCUT2D eigenvalue weighted by Crippen LogP contribution is -2.13. The standard InChI is InChI=1S/C23H23FN2O5/c1-12-11-26-19(10-18(25-26)23(28)30-4)21(15(12)9-20(27)29-3)16-8-17(24)22-14(13(16)2)6-5-7-31-22/h8,10-11H,5-7,9H2,1-4H3. The van der Waals surface area contributed by atoms with Crippen molar-refractivity contribution < 1.29 is 28.2 Å². The molecule has 0 aliphatic carbocycles. The number of hydrogen-bond acceptors (Lipinski definition) is 6. The molecular weight excluding hydrogens is 403 g/mol. The van der Waals surface area contributed by atoms with Crippen LogP contribution < -0.4 is 4.74 Å². The van der Waals surface area contributed by atoms with Gasteiger partial charge in [0.05, 0.1) is 32.8 Å². The lowest BCUT2D eigenvalue weighted by molar-refractivity contribution is -0.139. The number of benzene rings is 1. The minimum absolute atomic E-state index is 0.00154. The molecule has 0 bridgehead atoms. The first-order valence-corrected chi connectivity index (χ1v) is 9.97. The van der Waals surface area contributed by atoms with Crippen molar-refractivity contribution in [2.75, 3.05) is 20.8 Å². The SMILES string of the molecule is COC(=O)Cc1c(C)cn2nc(C(=O)OC)cc2c1-c1cc(F)c2c(c1C)CCCO2. The maximum Gasteiger partial charge on any atom is 0.358 e. The van der Waals surface area contributed by atoms with Crippen LogP contribution in [0.3, 0.4) is 0 Å². The molecular formula is C23H23FN2O5. The van der Waals surface area contributed by atoms with E-state index < -0.39 is 17.8 Å². The molecule has 3 heterocycles. The van der Waals surface area contributed by atoms with E-state index in [9.17, 15) is 9.59 Å². The molecule has 1 aliphatic heterocycles. The third-order valence-corrected chi connectivity index (χ3v) is 5.73. The highest BCUT2D eigenvalue weighted by atomic mass is 19.1. The summed E-state index contributed by atoms with van der Waals surface area (Å²) in [6, 6.07) is 3.02. The highest BCUT2D eigenvalue weighted by Crippen LogP contribution is 2.41. The fourth-order valence-corrected chi connectivity index (χ4v) is 4.16. The van der Waals surface area contributed by atoms with Gasteiger partial charge in [-0.05, 0) is 61.1 Å². The number of rotatable bonds is 4. The van der Waals surface area contributed by atoms with Gasteiger partial charge >= 0.3 is 11.9 Å². The normalized spacial score (nSPS) is 12.9. The Morgan fingerprint density at radius 1 is 1.23 bits per heavy atom. The summed E-state index contributed by atoms with van der Waals surface area (Å²) in [6.07, 6.45) is 3.24. The summed E-state index contributed by atoms with van der Waals surface area (Å²) in [5, 5.41) is 4.32. The van der Waals surface area contributed by atoms with E-state index in [2.05, 4.69) is 5.10 Å². The topological polar surface area (TPSA) is 79.1 Å². The number of pyridine rings is 1. The minimum atomic E-state index is -0.580. The monoisotopic (exact) mass is 426 g/mol. The highest BCUT2D eigenvalue weighted by molar-refractivity contribution is 5.94. The third-order valence-electron chi connectivity index (χ3n) is 5.73. The molecule has 162 valence electrons. The Balaban J connectivity index is 2.06. The zero-order valence-corrected chi connectivity index (χ0v) is 17.9. The van der Waals surface area contributed by atoms with Crippen LogP contribution in [-0.2, 0) is 27.1 Å². The van der Waals surface area contributed by atoms with Crippen LogP contribution in [0.25, 0.3) is 16.6 Å². The first-order chi connectivity index (χ1) is 14.8. The fourth-order valence-electron chi connectivity index (χ4n) is 4.16. The van der Waals surface area contributed by atoms with E-state index in [-0.39, 0.29) is 17.9 Å². The van der Waals surface area contributed by atoms with Gasteiger partial charge in [-0.15, -0.1) is 0 Å². The van der Waals surface area contributed by atoms with Gasteiger partial charge in [-0.25, -0.2) is 13.7 Å². The molecule has 3 aromatic rings. The number of carbonyl (C=O) groups excluding carboxylic acids is 2. The van der Waals surface area contributed by atoms with Crippen molar-refractivity contribution in [1.29, 1.82) is 0 Å². The van der Waals surface area contributed by atoms with Crippen molar-refractivity contribution in [3.63, 3.8) is 0 Å². The molecule has 0 spiro atoms. The molecule has 0 radical (unpaired) electrons. The number of ether oxygens (including phenoxy) is 3. The summed E-state index contributed by atoms with van der Waals surface area (Å²) in [4.78, 5) is 24.3. The number of esters is 2. The van der Waals surface area contributed by atoms with Gasteiger partial charge in [0.1, 0.15) is 0 Å². The molecule has 0 N–H and O–H groups in total. The lowest BCUT2D eigenvalue weighted by atomic mass is 9.88. The van der Waals surface area contributed by atoms with Crippen molar-refractivity contribution >= 4 is 17.5 Å². The quantitative estimate of drug-likeness (QED) is 0.594. The minimum Gasteiger partial charge on any atom is -0.490 e. The number of nitrogens with zero attached hydrogens (tertiary/aromatic N) is 2. The maximum atomic E-state index is 15.0. The van der Waals surface area contributed by atoms with Crippen LogP contribution in [0.4, 0.5) is 4.39 Å². The van der Waals surface area contributed by atoms with Crippen LogP contribution in [0.1, 0.15) is 39.2 Å². The number of hydrogen-bond donors (Lipinski definition) is 0. The van der Waals surface area contributed by atoms with Crippen molar-refractivity contribution in [3.8, 4) is 16.9 Å². The van der Waals surface area contributed by atoms with Gasteiger partial charge in [-0.1, -0.05) is 0 Å². The Kier molecular flexibility index (Phi) is 5.39. The second-order valence-electron chi connectivity index (χ2n) is 7.56. The van der Waals surface area contributed by atoms with E-state index in [4.69, 9.17) is 14.2 Å². The van der Waals surface area contributed by atoms with Crippen LogP contribution in [0.15, 0.2) is 18.3 Å². The van der Waals surface area contributed by atoms with E-state index in [0.29, 0.717) is 35.2 Å². The second kappa shape index (κ2) is 8.02. The van der Waals surface area contributed by atoms with Crippen molar-refractivity contribution in [2.45, 2.75) is 33.1 Å². The van der Waals surface area contributed by atoms with Gasteiger partial charge in [0.15, 0.2) is 17.3 Å². The fraction of sp³-hybridized carbons (Fsp3) is 0.348. The molecule has 31 heavy (non-hydrogen) atoms. The molecule has 0 saturated carbocycles. The van der Waals surface area contributed by atoms with E-state index in [1.54, 1.807) is 16.8 Å². The number of fused-ring (bicyclic) bond motifs is 2. The molecule has 0 saturated heterocycles. The number of aromatic nitrogens is 2. The summed E-state index contributed by atoms with van der Waals surface area (Å²) in [7, 11) is 2.61. The molecule has 8 heteroatoms.